The first-order valence-electron chi connectivity index (χ1n) is 11.0. The molecule has 1 unspecified atom stereocenters. The number of aromatic nitrogens is 1. The number of aryl methyl sites for hydroxylation is 1. The number of amides is 1. The number of sulfonamides is 1. The zero-order valence-corrected chi connectivity index (χ0v) is 21.4. The minimum atomic E-state index is -3.62. The summed E-state index contributed by atoms with van der Waals surface area (Å²) in [5.74, 6) is -0.250. The van der Waals surface area contributed by atoms with Crippen molar-refractivity contribution in [2.45, 2.75) is 24.0 Å². The van der Waals surface area contributed by atoms with Gasteiger partial charge < -0.3 is 9.80 Å². The molecule has 2 aliphatic heterocycles. The molecule has 4 heterocycles. The minimum absolute atomic E-state index is 0.0545. The highest BCUT2D eigenvalue weighted by Crippen LogP contribution is 2.33. The number of thiazole rings is 1. The number of rotatable bonds is 4. The number of hydrogen-bond donors (Lipinski definition) is 0. The van der Waals surface area contributed by atoms with E-state index in [1.54, 1.807) is 17.4 Å². The normalized spacial score (nSPS) is 20.5. The zero-order valence-electron chi connectivity index (χ0n) is 18.2. The van der Waals surface area contributed by atoms with Crippen molar-refractivity contribution in [3.8, 4) is 0 Å². The number of fused-ring (bicyclic) bond motifs is 1. The van der Waals surface area contributed by atoms with Gasteiger partial charge in [-0.05, 0) is 43.5 Å². The minimum Gasteiger partial charge on any atom is -0.345 e. The average Bonchev–Trinajstić information content (AvgIpc) is 3.46. The van der Waals surface area contributed by atoms with Gasteiger partial charge in [0.15, 0.2) is 5.13 Å². The van der Waals surface area contributed by atoms with Crippen LogP contribution in [0.2, 0.25) is 4.34 Å². The van der Waals surface area contributed by atoms with E-state index < -0.39 is 10.0 Å². The van der Waals surface area contributed by atoms with Crippen molar-refractivity contribution in [3.05, 3.63) is 40.2 Å². The number of thiophene rings is 1. The molecule has 2 saturated heterocycles. The number of benzene rings is 1. The molecule has 2 aromatic heterocycles. The van der Waals surface area contributed by atoms with Crippen LogP contribution in [0.1, 0.15) is 18.4 Å². The SMILES string of the molecule is Cc1cccc2sc(N3CCN(C(=O)C4CCCN(S(=O)(=O)c5ccc(Cl)s5)C4)CC3)nc12. The summed E-state index contributed by atoms with van der Waals surface area (Å²) in [5, 5.41) is 0.996. The lowest BCUT2D eigenvalue weighted by Crippen LogP contribution is -2.53. The Hall–Kier alpha value is -1.72. The van der Waals surface area contributed by atoms with Crippen LogP contribution in [0, 0.1) is 12.8 Å². The number of carbonyl (C=O) groups is 1. The molecule has 2 aliphatic rings. The lowest BCUT2D eigenvalue weighted by molar-refractivity contribution is -0.137. The number of para-hydroxylation sites is 1. The highest BCUT2D eigenvalue weighted by Gasteiger charge is 2.36. The number of hydrogen-bond acceptors (Lipinski definition) is 7. The topological polar surface area (TPSA) is 73.8 Å². The van der Waals surface area contributed by atoms with Gasteiger partial charge in [-0.1, -0.05) is 35.1 Å². The van der Waals surface area contributed by atoms with Crippen molar-refractivity contribution < 1.29 is 13.2 Å². The van der Waals surface area contributed by atoms with E-state index in [1.807, 2.05) is 4.90 Å². The van der Waals surface area contributed by atoms with Gasteiger partial charge in [-0.2, -0.15) is 4.31 Å². The number of piperazine rings is 1. The number of anilines is 1. The number of carbonyl (C=O) groups excluding carboxylic acids is 1. The van der Waals surface area contributed by atoms with Gasteiger partial charge in [0.2, 0.25) is 5.91 Å². The highest BCUT2D eigenvalue weighted by atomic mass is 35.5. The Bertz CT molecular complexity index is 1280. The molecule has 0 N–H and O–H groups in total. The summed E-state index contributed by atoms with van der Waals surface area (Å²) in [5.41, 5.74) is 2.22. The van der Waals surface area contributed by atoms with E-state index in [0.717, 1.165) is 35.1 Å². The van der Waals surface area contributed by atoms with E-state index in [-0.39, 0.29) is 22.6 Å². The molecule has 0 radical (unpaired) electrons. The van der Waals surface area contributed by atoms with Gasteiger partial charge >= 0.3 is 0 Å². The van der Waals surface area contributed by atoms with Crippen molar-refractivity contribution in [2.24, 2.45) is 5.92 Å². The van der Waals surface area contributed by atoms with Crippen LogP contribution in [0.4, 0.5) is 5.13 Å². The van der Waals surface area contributed by atoms with Crippen LogP contribution in [-0.4, -0.2) is 67.8 Å². The average molecular weight is 525 g/mol. The molecule has 1 amide bonds. The number of halogens is 1. The van der Waals surface area contributed by atoms with Crippen molar-refractivity contribution >= 4 is 65.6 Å². The van der Waals surface area contributed by atoms with E-state index in [9.17, 15) is 13.2 Å². The molecule has 5 rings (SSSR count). The predicted molar refractivity (Wildman–Crippen MR) is 134 cm³/mol. The molecule has 1 aromatic carbocycles. The maximum atomic E-state index is 13.2. The van der Waals surface area contributed by atoms with Gasteiger partial charge in [-0.15, -0.1) is 11.3 Å². The van der Waals surface area contributed by atoms with Crippen LogP contribution >= 0.6 is 34.3 Å². The van der Waals surface area contributed by atoms with Gasteiger partial charge in [0.25, 0.3) is 10.0 Å². The summed E-state index contributed by atoms with van der Waals surface area (Å²) in [4.78, 5) is 22.2. The lowest BCUT2D eigenvalue weighted by atomic mass is 9.98. The third kappa shape index (κ3) is 4.51. The molecule has 7 nitrogen and oxygen atoms in total. The summed E-state index contributed by atoms with van der Waals surface area (Å²) in [7, 11) is -3.62. The number of nitrogens with zero attached hydrogens (tertiary/aromatic N) is 4. The standard InChI is InChI=1S/C22H25ClN4O3S3/c1-15-4-2-6-17-20(15)24-22(31-17)26-12-10-25(11-13-26)21(28)16-5-3-9-27(14-16)33(29,30)19-8-7-18(23)32-19/h2,4,6-8,16H,3,5,9-14H2,1H3. The molecule has 0 spiro atoms. The molecule has 33 heavy (non-hydrogen) atoms. The second kappa shape index (κ2) is 9.14. The third-order valence-electron chi connectivity index (χ3n) is 6.35. The fourth-order valence-electron chi connectivity index (χ4n) is 4.51. The van der Waals surface area contributed by atoms with Gasteiger partial charge in [-0.3, -0.25) is 4.79 Å². The molecule has 0 aliphatic carbocycles. The second-order valence-electron chi connectivity index (χ2n) is 8.49. The first kappa shape index (κ1) is 23.0. The van der Waals surface area contributed by atoms with Crippen molar-refractivity contribution in [3.63, 3.8) is 0 Å². The smallest absolute Gasteiger partial charge is 0.252 e. The largest absolute Gasteiger partial charge is 0.345 e. The van der Waals surface area contributed by atoms with E-state index >= 15 is 0 Å². The molecule has 11 heteroatoms. The summed E-state index contributed by atoms with van der Waals surface area (Å²) in [6.45, 7) is 5.44. The van der Waals surface area contributed by atoms with E-state index in [0.29, 0.717) is 36.8 Å². The van der Waals surface area contributed by atoms with Crippen LogP contribution in [0.25, 0.3) is 10.2 Å². The first-order valence-corrected chi connectivity index (χ1v) is 14.4. The molecule has 2 fully saturated rings. The molecular formula is C22H25ClN4O3S3. The van der Waals surface area contributed by atoms with Gasteiger partial charge in [-0.25, -0.2) is 13.4 Å². The Morgan fingerprint density at radius 3 is 2.58 bits per heavy atom. The van der Waals surface area contributed by atoms with Crippen molar-refractivity contribution in [1.29, 1.82) is 0 Å². The summed E-state index contributed by atoms with van der Waals surface area (Å²) in [6, 6.07) is 9.35. The number of piperidine rings is 1. The van der Waals surface area contributed by atoms with E-state index in [4.69, 9.17) is 16.6 Å². The van der Waals surface area contributed by atoms with Crippen LogP contribution in [0.3, 0.4) is 0 Å². The molecule has 0 bridgehead atoms. The Kier molecular flexibility index (Phi) is 6.39. The van der Waals surface area contributed by atoms with Crippen LogP contribution < -0.4 is 4.90 Å². The summed E-state index contributed by atoms with van der Waals surface area (Å²) >= 11 is 8.68. The van der Waals surface area contributed by atoms with Gasteiger partial charge in [0, 0.05) is 39.3 Å². The van der Waals surface area contributed by atoms with Crippen LogP contribution in [-0.2, 0) is 14.8 Å². The fraction of sp³-hybridized carbons (Fsp3) is 0.455. The monoisotopic (exact) mass is 524 g/mol. The molecule has 176 valence electrons. The quantitative estimate of drug-likeness (QED) is 0.514. The predicted octanol–water partition coefficient (Wildman–Crippen LogP) is 4.07. The second-order valence-corrected chi connectivity index (χ2v) is 13.4. The Morgan fingerprint density at radius 1 is 1.09 bits per heavy atom. The Labute approximate surface area is 206 Å². The summed E-state index contributed by atoms with van der Waals surface area (Å²) in [6.07, 6.45) is 1.40. The molecule has 3 aromatic rings. The molecule has 0 saturated carbocycles. The maximum Gasteiger partial charge on any atom is 0.252 e. The molecular weight excluding hydrogens is 500 g/mol. The van der Waals surface area contributed by atoms with Crippen molar-refractivity contribution in [1.82, 2.24) is 14.2 Å². The molecule has 1 atom stereocenters. The Morgan fingerprint density at radius 2 is 1.88 bits per heavy atom. The van der Waals surface area contributed by atoms with Crippen molar-refractivity contribution in [2.75, 3.05) is 44.2 Å². The van der Waals surface area contributed by atoms with Crippen LogP contribution in [0.15, 0.2) is 34.5 Å². The highest BCUT2D eigenvalue weighted by molar-refractivity contribution is 7.91. The van der Waals surface area contributed by atoms with E-state index in [1.165, 1.54) is 20.6 Å². The lowest BCUT2D eigenvalue weighted by Gasteiger charge is -2.38. The van der Waals surface area contributed by atoms with Crippen LogP contribution in [0.5, 0.6) is 0 Å². The zero-order chi connectivity index (χ0) is 23.2. The maximum absolute atomic E-state index is 13.2. The Balaban J connectivity index is 1.22. The van der Waals surface area contributed by atoms with E-state index in [2.05, 4.69) is 30.0 Å². The summed E-state index contributed by atoms with van der Waals surface area (Å²) < 4.78 is 29.3. The van der Waals surface area contributed by atoms with Gasteiger partial charge in [0.1, 0.15) is 4.21 Å². The first-order chi connectivity index (χ1) is 15.8. The van der Waals surface area contributed by atoms with Gasteiger partial charge in [0.05, 0.1) is 20.5 Å². The third-order valence-corrected chi connectivity index (χ3v) is 11.0. The fourth-order valence-corrected chi connectivity index (χ4v) is 8.77.